The molecule has 0 saturated heterocycles. The molecule has 1 N–H and O–H groups in total. The summed E-state index contributed by atoms with van der Waals surface area (Å²) in [6.07, 6.45) is 1.27. The van der Waals surface area contributed by atoms with E-state index < -0.39 is 5.97 Å². The van der Waals surface area contributed by atoms with Crippen LogP contribution in [0.5, 0.6) is 0 Å². The lowest BCUT2D eigenvalue weighted by atomic mass is 10.0. The van der Waals surface area contributed by atoms with Gasteiger partial charge in [-0.25, -0.2) is 4.79 Å². The largest absolute Gasteiger partial charge is 0.478 e. The molecule has 3 heteroatoms. The van der Waals surface area contributed by atoms with Crippen LogP contribution in [0.25, 0.3) is 0 Å². The van der Waals surface area contributed by atoms with E-state index in [0.717, 1.165) is 5.57 Å². The Morgan fingerprint density at radius 2 is 1.93 bits per heavy atom. The second-order valence-corrected chi connectivity index (χ2v) is 4.23. The van der Waals surface area contributed by atoms with Crippen molar-refractivity contribution in [1.82, 2.24) is 4.90 Å². The molecule has 0 aromatic rings. The van der Waals surface area contributed by atoms with E-state index in [1.54, 1.807) is 0 Å². The van der Waals surface area contributed by atoms with E-state index >= 15 is 0 Å². The Morgan fingerprint density at radius 1 is 1.43 bits per heavy atom. The standard InChI is InChI=1S/C11H21NO2/c1-8(2)10(4)12(5)7-9(3)6-11(13)14/h6,8,10H,7H2,1-5H3,(H,13,14). The fourth-order valence-corrected chi connectivity index (χ4v) is 1.30. The van der Waals surface area contributed by atoms with Crippen molar-refractivity contribution in [3.8, 4) is 0 Å². The van der Waals surface area contributed by atoms with Gasteiger partial charge in [0.1, 0.15) is 0 Å². The van der Waals surface area contributed by atoms with Gasteiger partial charge in [-0.3, -0.25) is 4.90 Å². The van der Waals surface area contributed by atoms with Crippen LogP contribution in [-0.2, 0) is 4.79 Å². The Kier molecular flexibility index (Phi) is 5.46. The maximum atomic E-state index is 10.4. The number of hydrogen-bond acceptors (Lipinski definition) is 2. The maximum absolute atomic E-state index is 10.4. The van der Waals surface area contributed by atoms with Gasteiger partial charge in [-0.15, -0.1) is 0 Å². The smallest absolute Gasteiger partial charge is 0.328 e. The van der Waals surface area contributed by atoms with E-state index in [1.807, 2.05) is 14.0 Å². The molecule has 0 spiro atoms. The van der Waals surface area contributed by atoms with Gasteiger partial charge >= 0.3 is 5.97 Å². The molecule has 1 unspecified atom stereocenters. The third kappa shape index (κ3) is 5.02. The Balaban J connectivity index is 4.18. The van der Waals surface area contributed by atoms with Crippen LogP contribution in [0.3, 0.4) is 0 Å². The number of nitrogens with zero attached hydrogens (tertiary/aromatic N) is 1. The predicted octanol–water partition coefficient (Wildman–Crippen LogP) is 1.99. The van der Waals surface area contributed by atoms with Gasteiger partial charge < -0.3 is 5.11 Å². The number of likely N-dealkylation sites (N-methyl/N-ethyl adjacent to an activating group) is 1. The summed E-state index contributed by atoms with van der Waals surface area (Å²) in [5.74, 6) is -0.286. The van der Waals surface area contributed by atoms with Gasteiger partial charge in [0.05, 0.1) is 0 Å². The number of carboxylic acids is 1. The lowest BCUT2D eigenvalue weighted by Gasteiger charge is -2.27. The highest BCUT2D eigenvalue weighted by Crippen LogP contribution is 2.09. The van der Waals surface area contributed by atoms with Crippen molar-refractivity contribution >= 4 is 5.97 Å². The minimum atomic E-state index is -0.867. The lowest BCUT2D eigenvalue weighted by Crippen LogP contribution is -2.34. The summed E-state index contributed by atoms with van der Waals surface area (Å²) in [5, 5.41) is 8.55. The minimum Gasteiger partial charge on any atom is -0.478 e. The van der Waals surface area contributed by atoms with Gasteiger partial charge in [0, 0.05) is 18.7 Å². The normalized spacial score (nSPS) is 14.9. The molecular formula is C11H21NO2. The Morgan fingerprint density at radius 3 is 2.29 bits per heavy atom. The number of carboxylic acid groups (broad SMARTS) is 1. The van der Waals surface area contributed by atoms with E-state index in [2.05, 4.69) is 25.7 Å². The average Bonchev–Trinajstić information content (AvgIpc) is 2.00. The van der Waals surface area contributed by atoms with Crippen LogP contribution < -0.4 is 0 Å². The first-order valence-electron chi connectivity index (χ1n) is 4.95. The number of aliphatic carboxylic acids is 1. The molecule has 0 fully saturated rings. The molecule has 0 aliphatic carbocycles. The molecule has 82 valence electrons. The molecule has 0 aliphatic heterocycles. The molecule has 1 atom stereocenters. The second kappa shape index (κ2) is 5.81. The fraction of sp³-hybridized carbons (Fsp3) is 0.727. The molecule has 14 heavy (non-hydrogen) atoms. The van der Waals surface area contributed by atoms with Crippen molar-refractivity contribution in [2.45, 2.75) is 33.7 Å². The molecule has 0 radical (unpaired) electrons. The van der Waals surface area contributed by atoms with Crippen LogP contribution in [0.15, 0.2) is 11.6 Å². The molecule has 0 aromatic carbocycles. The minimum absolute atomic E-state index is 0.465. The summed E-state index contributed by atoms with van der Waals surface area (Å²) in [7, 11) is 2.02. The third-order valence-corrected chi connectivity index (χ3v) is 2.53. The number of carbonyl (C=O) groups is 1. The molecule has 0 amide bonds. The fourth-order valence-electron chi connectivity index (χ4n) is 1.30. The monoisotopic (exact) mass is 199 g/mol. The van der Waals surface area contributed by atoms with Crippen LogP contribution in [0, 0.1) is 5.92 Å². The van der Waals surface area contributed by atoms with Gasteiger partial charge in [-0.05, 0) is 26.8 Å². The van der Waals surface area contributed by atoms with Crippen LogP contribution in [-0.4, -0.2) is 35.6 Å². The molecule has 0 bridgehead atoms. The van der Waals surface area contributed by atoms with E-state index in [-0.39, 0.29) is 0 Å². The lowest BCUT2D eigenvalue weighted by molar-refractivity contribution is -0.131. The van der Waals surface area contributed by atoms with Gasteiger partial charge in [-0.2, -0.15) is 0 Å². The van der Waals surface area contributed by atoms with Crippen molar-refractivity contribution < 1.29 is 9.90 Å². The van der Waals surface area contributed by atoms with Crippen molar-refractivity contribution in [3.63, 3.8) is 0 Å². The third-order valence-electron chi connectivity index (χ3n) is 2.53. The van der Waals surface area contributed by atoms with E-state index in [9.17, 15) is 4.79 Å². The topological polar surface area (TPSA) is 40.5 Å². The second-order valence-electron chi connectivity index (χ2n) is 4.23. The number of hydrogen-bond donors (Lipinski definition) is 1. The highest BCUT2D eigenvalue weighted by Gasteiger charge is 2.12. The zero-order valence-corrected chi connectivity index (χ0v) is 9.74. The first kappa shape index (κ1) is 13.2. The van der Waals surface area contributed by atoms with E-state index in [1.165, 1.54) is 6.08 Å². The average molecular weight is 199 g/mol. The summed E-state index contributed by atoms with van der Waals surface area (Å²) in [6, 6.07) is 0.465. The summed E-state index contributed by atoms with van der Waals surface area (Å²) in [4.78, 5) is 12.6. The first-order valence-corrected chi connectivity index (χ1v) is 4.95. The van der Waals surface area contributed by atoms with Gasteiger partial charge in [-0.1, -0.05) is 19.4 Å². The molecular weight excluding hydrogens is 178 g/mol. The summed E-state index contributed by atoms with van der Waals surface area (Å²) < 4.78 is 0. The van der Waals surface area contributed by atoms with Crippen LogP contribution >= 0.6 is 0 Å². The highest BCUT2D eigenvalue weighted by molar-refractivity contribution is 5.80. The molecule has 3 nitrogen and oxygen atoms in total. The zero-order chi connectivity index (χ0) is 11.3. The van der Waals surface area contributed by atoms with Gasteiger partial charge in [0.25, 0.3) is 0 Å². The summed E-state index contributed by atoms with van der Waals surface area (Å²) in [5.41, 5.74) is 0.882. The van der Waals surface area contributed by atoms with Crippen LogP contribution in [0.1, 0.15) is 27.7 Å². The summed E-state index contributed by atoms with van der Waals surface area (Å²) in [6.45, 7) is 9.04. The maximum Gasteiger partial charge on any atom is 0.328 e. The van der Waals surface area contributed by atoms with E-state index in [4.69, 9.17) is 5.11 Å². The summed E-state index contributed by atoms with van der Waals surface area (Å²) >= 11 is 0. The Labute approximate surface area is 86.4 Å². The van der Waals surface area contributed by atoms with Crippen molar-refractivity contribution in [2.75, 3.05) is 13.6 Å². The van der Waals surface area contributed by atoms with Gasteiger partial charge in [0.2, 0.25) is 0 Å². The van der Waals surface area contributed by atoms with Gasteiger partial charge in [0.15, 0.2) is 0 Å². The molecule has 0 rings (SSSR count). The molecule has 0 aromatic heterocycles. The number of rotatable bonds is 5. The highest BCUT2D eigenvalue weighted by atomic mass is 16.4. The first-order chi connectivity index (χ1) is 6.34. The quantitative estimate of drug-likeness (QED) is 0.688. The van der Waals surface area contributed by atoms with Crippen molar-refractivity contribution in [1.29, 1.82) is 0 Å². The Hall–Kier alpha value is -0.830. The van der Waals surface area contributed by atoms with Crippen LogP contribution in [0.4, 0.5) is 0 Å². The molecule has 0 heterocycles. The predicted molar refractivity (Wildman–Crippen MR) is 58.3 cm³/mol. The molecule has 0 saturated carbocycles. The van der Waals surface area contributed by atoms with Crippen molar-refractivity contribution in [2.24, 2.45) is 5.92 Å². The van der Waals surface area contributed by atoms with Crippen LogP contribution in [0.2, 0.25) is 0 Å². The Bertz CT molecular complexity index is 221. The molecule has 0 aliphatic rings. The zero-order valence-electron chi connectivity index (χ0n) is 9.74. The van der Waals surface area contributed by atoms with Crippen molar-refractivity contribution in [3.05, 3.63) is 11.6 Å². The van der Waals surface area contributed by atoms with E-state index in [0.29, 0.717) is 18.5 Å². The SMILES string of the molecule is CC(=CC(=O)O)CN(C)C(C)C(C)C.